The molecule has 218 valence electrons. The van der Waals surface area contributed by atoms with E-state index in [9.17, 15) is 43.8 Å². The second kappa shape index (κ2) is 16.0. The van der Waals surface area contributed by atoms with Crippen molar-refractivity contribution in [1.29, 1.82) is 0 Å². The Labute approximate surface area is 223 Å². The molecule has 0 heterocycles. The molecule has 12 N–H and O–H groups in total. The highest BCUT2D eigenvalue weighted by molar-refractivity contribution is 9.10. The quantitative estimate of drug-likeness (QED) is 0.0808. The molecule has 0 radical (unpaired) electrons. The monoisotopic (exact) mass is 632 g/mol. The number of aliphatic hydroxyl groups is 6. The molecule has 20 heteroatoms. The molecule has 39 heavy (non-hydrogen) atoms. The fourth-order valence-electron chi connectivity index (χ4n) is 1.91. The first-order valence-electron chi connectivity index (χ1n) is 9.45. The summed E-state index contributed by atoms with van der Waals surface area (Å²) in [6.45, 7) is 0. The van der Waals surface area contributed by atoms with Gasteiger partial charge in [-0.2, -0.15) is 0 Å². The van der Waals surface area contributed by atoms with Crippen LogP contribution in [0.15, 0.2) is 28.7 Å². The van der Waals surface area contributed by atoms with Gasteiger partial charge in [0.1, 0.15) is 0 Å². The molecule has 1 aromatic rings. The van der Waals surface area contributed by atoms with E-state index >= 15 is 0 Å². The zero-order valence-corrected chi connectivity index (χ0v) is 20.4. The number of aliphatic carboxylic acids is 6. The van der Waals surface area contributed by atoms with Crippen LogP contribution in [0.3, 0.4) is 0 Å². The Morgan fingerprint density at radius 1 is 0.590 bits per heavy atom. The van der Waals surface area contributed by atoms with Crippen LogP contribution in [0.2, 0.25) is 0 Å². The van der Waals surface area contributed by atoms with E-state index in [-0.39, 0.29) is 10.0 Å². The summed E-state index contributed by atoms with van der Waals surface area (Å²) in [4.78, 5) is 72.7. The van der Waals surface area contributed by atoms with E-state index in [1.54, 1.807) is 0 Å². The molecule has 1 rings (SSSR count). The standard InChI is InChI=1S/C11H9BrO7.2C4H6O6/c12-6-4-2-1-3-5(6)7(13)11(19,10(17)18)8(14)9(15)16;2*5-1(3(7)8)2(6)4(9)10/h1-4,8,14,19H,(H,15,16)(H,17,18);2*1-2,5-6H,(H,7,8)(H,9,10)/t8-,11+;;/m1../s1. The molecule has 0 aliphatic rings. The predicted molar refractivity (Wildman–Crippen MR) is 119 cm³/mol. The van der Waals surface area contributed by atoms with Gasteiger partial charge in [-0.15, -0.1) is 0 Å². The van der Waals surface area contributed by atoms with Crippen LogP contribution >= 0.6 is 15.9 Å². The molecule has 0 aliphatic heterocycles. The van der Waals surface area contributed by atoms with E-state index in [1.165, 1.54) is 24.3 Å². The van der Waals surface area contributed by atoms with E-state index in [0.717, 1.165) is 0 Å². The lowest BCUT2D eigenvalue weighted by Gasteiger charge is -2.24. The van der Waals surface area contributed by atoms with Crippen molar-refractivity contribution < 1.29 is 94.8 Å². The van der Waals surface area contributed by atoms with Gasteiger partial charge in [-0.25, -0.2) is 28.8 Å². The Balaban J connectivity index is 0. The fraction of sp³-hybridized carbons (Fsp3) is 0.316. The highest BCUT2D eigenvalue weighted by Crippen LogP contribution is 2.24. The second-order valence-electron chi connectivity index (χ2n) is 6.75. The number of aliphatic hydroxyl groups excluding tert-OH is 5. The Hall–Kier alpha value is -4.05. The van der Waals surface area contributed by atoms with Crippen molar-refractivity contribution in [1.82, 2.24) is 0 Å². The maximum absolute atomic E-state index is 12.0. The van der Waals surface area contributed by atoms with Crippen molar-refractivity contribution in [3.8, 4) is 0 Å². The summed E-state index contributed by atoms with van der Waals surface area (Å²) in [5.74, 6) is -12.7. The first-order valence-corrected chi connectivity index (χ1v) is 10.2. The van der Waals surface area contributed by atoms with E-state index in [0.29, 0.717) is 0 Å². The summed E-state index contributed by atoms with van der Waals surface area (Å²) < 4.78 is 0.164. The molecule has 1 aromatic carbocycles. The van der Waals surface area contributed by atoms with Gasteiger partial charge in [0.15, 0.2) is 30.5 Å². The number of ketones is 1. The smallest absolute Gasteiger partial charge is 0.347 e. The van der Waals surface area contributed by atoms with Crippen LogP contribution in [0.4, 0.5) is 0 Å². The normalized spacial score (nSPS) is 15.6. The Morgan fingerprint density at radius 3 is 1.13 bits per heavy atom. The van der Waals surface area contributed by atoms with Crippen LogP contribution in [0, 0.1) is 0 Å². The van der Waals surface area contributed by atoms with E-state index < -0.39 is 77.7 Å². The van der Waals surface area contributed by atoms with E-state index in [1.807, 2.05) is 0 Å². The predicted octanol–water partition coefficient (Wildman–Crippen LogP) is -4.35. The van der Waals surface area contributed by atoms with Crippen LogP contribution in [-0.2, 0) is 28.8 Å². The van der Waals surface area contributed by atoms with Gasteiger partial charge in [0.2, 0.25) is 5.78 Å². The summed E-state index contributed by atoms with van der Waals surface area (Å²) in [6.07, 6.45) is -11.9. The van der Waals surface area contributed by atoms with Crippen molar-refractivity contribution in [2.75, 3.05) is 0 Å². The lowest BCUT2D eigenvalue weighted by molar-refractivity contribution is -0.175. The molecule has 4 unspecified atom stereocenters. The zero-order chi connectivity index (χ0) is 31.4. The zero-order valence-electron chi connectivity index (χ0n) is 18.8. The van der Waals surface area contributed by atoms with Gasteiger partial charge >= 0.3 is 35.8 Å². The first-order chi connectivity index (χ1) is 17.7. The number of carbonyl (C=O) groups is 7. The number of carboxylic acid groups (broad SMARTS) is 6. The average Bonchev–Trinajstić information content (AvgIpc) is 2.85. The van der Waals surface area contributed by atoms with Crippen molar-refractivity contribution >= 4 is 57.5 Å². The van der Waals surface area contributed by atoms with Crippen molar-refractivity contribution in [3.63, 3.8) is 0 Å². The maximum atomic E-state index is 12.0. The minimum atomic E-state index is -3.46. The number of benzene rings is 1. The molecule has 0 bridgehead atoms. The lowest BCUT2D eigenvalue weighted by Crippen LogP contribution is -2.58. The first kappa shape index (κ1) is 37.1. The molecule has 0 amide bonds. The molecule has 0 spiro atoms. The molecular formula is C19H21BrO19. The molecule has 0 saturated carbocycles. The van der Waals surface area contributed by atoms with Gasteiger partial charge in [0.05, 0.1) is 0 Å². The fourth-order valence-corrected chi connectivity index (χ4v) is 2.37. The van der Waals surface area contributed by atoms with Crippen LogP contribution in [0.1, 0.15) is 10.4 Å². The SMILES string of the molecule is O=C(O)C(O)C(O)C(=O)O.O=C(O)C(O)C(O)C(=O)O.O=C(O)[C@@H](O)[C@](O)(C(=O)O)C(=O)c1ccccc1Br. The number of hydrogen-bond donors (Lipinski definition) is 12. The minimum Gasteiger partial charge on any atom is -0.479 e. The van der Waals surface area contributed by atoms with Gasteiger partial charge in [0.25, 0.3) is 5.60 Å². The Morgan fingerprint density at radius 2 is 0.897 bits per heavy atom. The maximum Gasteiger partial charge on any atom is 0.347 e. The number of rotatable bonds is 11. The number of hydrogen-bond acceptors (Lipinski definition) is 13. The molecule has 19 nitrogen and oxygen atoms in total. The van der Waals surface area contributed by atoms with Crippen molar-refractivity contribution in [3.05, 3.63) is 34.3 Å². The summed E-state index contributed by atoms with van der Waals surface area (Å²) in [6, 6.07) is 5.53. The molecule has 0 saturated heterocycles. The van der Waals surface area contributed by atoms with E-state index in [4.69, 9.17) is 51.1 Å². The Bertz CT molecular complexity index is 1010. The molecule has 6 atom stereocenters. The Kier molecular flexibility index (Phi) is 15.3. The van der Waals surface area contributed by atoms with Gasteiger partial charge in [-0.1, -0.05) is 34.1 Å². The van der Waals surface area contributed by atoms with Crippen molar-refractivity contribution in [2.45, 2.75) is 36.1 Å². The summed E-state index contributed by atoms with van der Waals surface area (Å²) in [5, 5.41) is 102. The van der Waals surface area contributed by atoms with E-state index in [2.05, 4.69) is 15.9 Å². The molecular weight excluding hydrogens is 612 g/mol. The largest absolute Gasteiger partial charge is 0.479 e. The average molecular weight is 633 g/mol. The van der Waals surface area contributed by atoms with Crippen LogP contribution in [-0.4, -0.2) is 139 Å². The molecule has 0 fully saturated rings. The molecule has 0 aliphatic carbocycles. The third kappa shape index (κ3) is 10.7. The van der Waals surface area contributed by atoms with Gasteiger partial charge in [-0.05, 0) is 6.07 Å². The topological polar surface area (TPSA) is 362 Å². The number of Topliss-reactive ketones (excluding diaryl/α,β-unsaturated/α-hetero) is 1. The summed E-state index contributed by atoms with van der Waals surface area (Å²) in [7, 11) is 0. The highest BCUT2D eigenvalue weighted by Gasteiger charge is 2.54. The lowest BCUT2D eigenvalue weighted by atomic mass is 9.87. The van der Waals surface area contributed by atoms with Crippen LogP contribution in [0.25, 0.3) is 0 Å². The minimum absolute atomic E-state index is 0.164. The summed E-state index contributed by atoms with van der Waals surface area (Å²) >= 11 is 2.97. The molecule has 0 aromatic heterocycles. The number of carboxylic acids is 6. The van der Waals surface area contributed by atoms with Gasteiger partial charge in [-0.3, -0.25) is 4.79 Å². The number of carbonyl (C=O) groups excluding carboxylic acids is 1. The third-order valence-electron chi connectivity index (χ3n) is 4.03. The summed E-state index contributed by atoms with van der Waals surface area (Å²) in [5.41, 5.74) is -3.72. The second-order valence-corrected chi connectivity index (χ2v) is 7.61. The van der Waals surface area contributed by atoms with Crippen LogP contribution < -0.4 is 0 Å². The van der Waals surface area contributed by atoms with Gasteiger partial charge < -0.3 is 61.3 Å². The van der Waals surface area contributed by atoms with Crippen LogP contribution in [0.5, 0.6) is 0 Å². The highest BCUT2D eigenvalue weighted by atomic mass is 79.9. The number of halogens is 1. The van der Waals surface area contributed by atoms with Crippen molar-refractivity contribution in [2.24, 2.45) is 0 Å². The third-order valence-corrected chi connectivity index (χ3v) is 4.72. The van der Waals surface area contributed by atoms with Gasteiger partial charge in [0, 0.05) is 10.0 Å².